The van der Waals surface area contributed by atoms with E-state index in [-0.39, 0.29) is 36.3 Å². The van der Waals surface area contributed by atoms with Crippen molar-refractivity contribution in [3.05, 3.63) is 0 Å². The minimum atomic E-state index is -0.706. The van der Waals surface area contributed by atoms with Crippen LogP contribution in [0, 0.1) is 0 Å². The van der Waals surface area contributed by atoms with E-state index in [9.17, 15) is 9.59 Å². The second-order valence-corrected chi connectivity index (χ2v) is 5.14. The fraction of sp³-hybridized carbons (Fsp3) is 0.800. The SMILES string of the molecule is CC(C)(C)NC(=O)CNC(=O)C1(N)CC1.Cl. The summed E-state index contributed by atoms with van der Waals surface area (Å²) in [5.74, 6) is -0.424. The van der Waals surface area contributed by atoms with Crippen molar-refractivity contribution in [3.8, 4) is 0 Å². The highest BCUT2D eigenvalue weighted by Gasteiger charge is 2.45. The van der Waals surface area contributed by atoms with Gasteiger partial charge in [0.15, 0.2) is 0 Å². The quantitative estimate of drug-likeness (QED) is 0.655. The van der Waals surface area contributed by atoms with Crippen molar-refractivity contribution in [2.75, 3.05) is 6.54 Å². The number of hydrogen-bond acceptors (Lipinski definition) is 3. The Balaban J connectivity index is 0.00000225. The smallest absolute Gasteiger partial charge is 0.240 e. The summed E-state index contributed by atoms with van der Waals surface area (Å²) in [5, 5.41) is 5.28. The van der Waals surface area contributed by atoms with E-state index in [0.29, 0.717) is 12.8 Å². The Kier molecular flexibility index (Phi) is 4.76. The van der Waals surface area contributed by atoms with Gasteiger partial charge in [-0.3, -0.25) is 9.59 Å². The molecule has 0 heterocycles. The van der Waals surface area contributed by atoms with Gasteiger partial charge in [-0.2, -0.15) is 0 Å². The number of hydrogen-bond donors (Lipinski definition) is 3. The lowest BCUT2D eigenvalue weighted by Gasteiger charge is -2.20. The molecule has 0 aromatic rings. The summed E-state index contributed by atoms with van der Waals surface area (Å²) < 4.78 is 0. The van der Waals surface area contributed by atoms with Gasteiger partial charge < -0.3 is 16.4 Å². The van der Waals surface area contributed by atoms with E-state index in [0.717, 1.165) is 0 Å². The summed E-state index contributed by atoms with van der Waals surface area (Å²) in [5.41, 5.74) is 4.68. The molecule has 1 saturated carbocycles. The Morgan fingerprint density at radius 3 is 2.19 bits per heavy atom. The summed E-state index contributed by atoms with van der Waals surface area (Å²) >= 11 is 0. The standard InChI is InChI=1S/C10H19N3O2.ClH/c1-9(2,3)13-7(14)6-12-8(15)10(11)4-5-10;/h4-6,11H2,1-3H3,(H,12,15)(H,13,14);1H. The molecule has 0 saturated heterocycles. The molecule has 2 amide bonds. The maximum atomic E-state index is 11.4. The van der Waals surface area contributed by atoms with E-state index < -0.39 is 5.54 Å². The van der Waals surface area contributed by atoms with Crippen molar-refractivity contribution in [3.63, 3.8) is 0 Å². The number of nitrogens with two attached hydrogens (primary N) is 1. The zero-order chi connectivity index (χ0) is 11.7. The summed E-state index contributed by atoms with van der Waals surface area (Å²) in [6.07, 6.45) is 1.42. The third-order valence-corrected chi connectivity index (χ3v) is 2.16. The maximum Gasteiger partial charge on any atom is 0.240 e. The molecule has 0 aromatic carbocycles. The highest BCUT2D eigenvalue weighted by atomic mass is 35.5. The molecule has 0 unspecified atom stereocenters. The fourth-order valence-electron chi connectivity index (χ4n) is 1.16. The Morgan fingerprint density at radius 1 is 1.31 bits per heavy atom. The van der Waals surface area contributed by atoms with Crippen molar-refractivity contribution in [1.29, 1.82) is 0 Å². The first-order valence-corrected chi connectivity index (χ1v) is 5.11. The van der Waals surface area contributed by atoms with Gasteiger partial charge in [-0.25, -0.2) is 0 Å². The normalized spacial score (nSPS) is 17.0. The van der Waals surface area contributed by atoms with Gasteiger partial charge in [0.2, 0.25) is 11.8 Å². The van der Waals surface area contributed by atoms with Gasteiger partial charge in [-0.05, 0) is 33.6 Å². The number of nitrogens with one attached hydrogen (secondary N) is 2. The molecule has 0 atom stereocenters. The molecule has 1 aliphatic rings. The third-order valence-electron chi connectivity index (χ3n) is 2.16. The van der Waals surface area contributed by atoms with Crippen LogP contribution in [-0.2, 0) is 9.59 Å². The topological polar surface area (TPSA) is 84.2 Å². The predicted molar refractivity (Wildman–Crippen MR) is 64.3 cm³/mol. The summed E-state index contributed by atoms with van der Waals surface area (Å²) in [6.45, 7) is 5.66. The number of rotatable bonds is 3. The molecule has 94 valence electrons. The van der Waals surface area contributed by atoms with Crippen LogP contribution < -0.4 is 16.4 Å². The second kappa shape index (κ2) is 5.01. The zero-order valence-corrected chi connectivity index (χ0v) is 10.7. The zero-order valence-electron chi connectivity index (χ0n) is 9.92. The van der Waals surface area contributed by atoms with Crippen LogP contribution in [0.15, 0.2) is 0 Å². The molecule has 5 nitrogen and oxygen atoms in total. The molecular formula is C10H20ClN3O2. The summed E-state index contributed by atoms with van der Waals surface area (Å²) in [7, 11) is 0. The highest BCUT2D eigenvalue weighted by molar-refractivity contribution is 5.92. The number of amides is 2. The van der Waals surface area contributed by atoms with E-state index in [1.165, 1.54) is 0 Å². The molecule has 0 bridgehead atoms. The van der Waals surface area contributed by atoms with Crippen LogP contribution in [0.1, 0.15) is 33.6 Å². The highest BCUT2D eigenvalue weighted by Crippen LogP contribution is 2.31. The van der Waals surface area contributed by atoms with Crippen LogP contribution in [0.3, 0.4) is 0 Å². The maximum absolute atomic E-state index is 11.4. The summed E-state index contributed by atoms with van der Waals surface area (Å²) in [6, 6.07) is 0. The van der Waals surface area contributed by atoms with Gasteiger partial charge in [0.1, 0.15) is 0 Å². The molecule has 0 radical (unpaired) electrons. The molecule has 0 spiro atoms. The number of carbonyl (C=O) groups excluding carboxylic acids is 2. The Hall–Kier alpha value is -0.810. The van der Waals surface area contributed by atoms with Crippen molar-refractivity contribution in [2.24, 2.45) is 5.73 Å². The summed E-state index contributed by atoms with van der Waals surface area (Å²) in [4.78, 5) is 22.7. The minimum Gasteiger partial charge on any atom is -0.350 e. The first kappa shape index (κ1) is 15.2. The van der Waals surface area contributed by atoms with Crippen LogP contribution in [0.25, 0.3) is 0 Å². The lowest BCUT2D eigenvalue weighted by atomic mass is 10.1. The molecule has 1 aliphatic carbocycles. The Bertz CT molecular complexity index is 282. The van der Waals surface area contributed by atoms with Crippen LogP contribution in [0.5, 0.6) is 0 Å². The molecule has 0 aliphatic heterocycles. The fourth-order valence-corrected chi connectivity index (χ4v) is 1.16. The monoisotopic (exact) mass is 249 g/mol. The Morgan fingerprint density at radius 2 is 1.81 bits per heavy atom. The molecule has 0 aromatic heterocycles. The molecule has 1 rings (SSSR count). The van der Waals surface area contributed by atoms with E-state index in [1.54, 1.807) is 0 Å². The van der Waals surface area contributed by atoms with Crippen LogP contribution in [0.4, 0.5) is 0 Å². The molecule has 16 heavy (non-hydrogen) atoms. The van der Waals surface area contributed by atoms with Gasteiger partial charge in [-0.1, -0.05) is 0 Å². The first-order valence-electron chi connectivity index (χ1n) is 5.11. The second-order valence-electron chi connectivity index (χ2n) is 5.14. The van der Waals surface area contributed by atoms with Crippen LogP contribution >= 0.6 is 12.4 Å². The molecule has 6 heteroatoms. The van der Waals surface area contributed by atoms with Crippen LogP contribution in [-0.4, -0.2) is 29.4 Å². The van der Waals surface area contributed by atoms with Crippen LogP contribution in [0.2, 0.25) is 0 Å². The molecule has 1 fully saturated rings. The van der Waals surface area contributed by atoms with Crippen molar-refractivity contribution < 1.29 is 9.59 Å². The van der Waals surface area contributed by atoms with E-state index in [1.807, 2.05) is 20.8 Å². The first-order chi connectivity index (χ1) is 6.73. The van der Waals surface area contributed by atoms with Crippen molar-refractivity contribution in [1.82, 2.24) is 10.6 Å². The van der Waals surface area contributed by atoms with Gasteiger partial charge in [0, 0.05) is 5.54 Å². The van der Waals surface area contributed by atoms with Gasteiger partial charge >= 0.3 is 0 Å². The van der Waals surface area contributed by atoms with E-state index in [2.05, 4.69) is 10.6 Å². The van der Waals surface area contributed by atoms with Crippen molar-refractivity contribution >= 4 is 24.2 Å². The lowest BCUT2D eigenvalue weighted by molar-refractivity contribution is -0.128. The van der Waals surface area contributed by atoms with Gasteiger partial charge in [-0.15, -0.1) is 12.4 Å². The minimum absolute atomic E-state index is 0. The molecule has 4 N–H and O–H groups in total. The van der Waals surface area contributed by atoms with E-state index in [4.69, 9.17) is 5.73 Å². The van der Waals surface area contributed by atoms with Gasteiger partial charge in [0.05, 0.1) is 12.1 Å². The Labute approximate surface area is 102 Å². The number of carbonyl (C=O) groups is 2. The van der Waals surface area contributed by atoms with E-state index >= 15 is 0 Å². The van der Waals surface area contributed by atoms with Gasteiger partial charge in [0.25, 0.3) is 0 Å². The lowest BCUT2D eigenvalue weighted by Crippen LogP contribution is -2.49. The largest absolute Gasteiger partial charge is 0.350 e. The van der Waals surface area contributed by atoms with Crippen molar-refractivity contribution in [2.45, 2.75) is 44.7 Å². The third kappa shape index (κ3) is 4.81. The number of halogens is 1. The molecular weight excluding hydrogens is 230 g/mol. The average molecular weight is 250 g/mol. The predicted octanol–water partition coefficient (Wildman–Crippen LogP) is -0.0696. The average Bonchev–Trinajstić information content (AvgIpc) is 2.77.